The molecule has 3 rings (SSSR count). The summed E-state index contributed by atoms with van der Waals surface area (Å²) in [5.41, 5.74) is 2.41. The number of hydrogen-bond donors (Lipinski definition) is 1. The Bertz CT molecular complexity index is 1000. The van der Waals surface area contributed by atoms with Crippen molar-refractivity contribution in [3.8, 4) is 0 Å². The summed E-state index contributed by atoms with van der Waals surface area (Å²) in [6.07, 6.45) is 1.81. The molecule has 1 N–H and O–H groups in total. The molecule has 0 aliphatic rings. The van der Waals surface area contributed by atoms with Crippen LogP contribution in [0.2, 0.25) is 0 Å². The second-order valence-corrected chi connectivity index (χ2v) is 8.59. The van der Waals surface area contributed by atoms with E-state index in [1.807, 2.05) is 32.0 Å². The van der Waals surface area contributed by atoms with Gasteiger partial charge in [0.2, 0.25) is 0 Å². The van der Waals surface area contributed by atoms with Crippen LogP contribution in [0, 0.1) is 13.8 Å². The number of fused-ring (bicyclic) bond motifs is 1. The van der Waals surface area contributed by atoms with E-state index in [-0.39, 0.29) is 11.9 Å². The van der Waals surface area contributed by atoms with Crippen molar-refractivity contribution in [3.05, 3.63) is 50.7 Å². The summed E-state index contributed by atoms with van der Waals surface area (Å²) in [7, 11) is 0. The fraction of sp³-hybridized carbons (Fsp3) is 0.333. The van der Waals surface area contributed by atoms with Crippen LogP contribution in [0.3, 0.4) is 0 Å². The monoisotopic (exact) mass is 401 g/mol. The smallest absolute Gasteiger partial charge is 0.341 e. The maximum absolute atomic E-state index is 13.1. The standard InChI is InChI=1S/C21H23NO3S2/c1-5-9-15-14-10-7-8-11-16(14)27-18(15)19(23)22-20-17(21(24)25-6-2)12(3)13(4)26-20/h7-8,10-11H,5-6,9H2,1-4H3,(H,22,23). The van der Waals surface area contributed by atoms with Crippen molar-refractivity contribution in [3.63, 3.8) is 0 Å². The van der Waals surface area contributed by atoms with Crippen molar-refractivity contribution in [2.45, 2.75) is 40.5 Å². The molecule has 0 fully saturated rings. The number of thiophene rings is 2. The Morgan fingerprint density at radius 1 is 1.11 bits per heavy atom. The van der Waals surface area contributed by atoms with Crippen molar-refractivity contribution in [1.82, 2.24) is 0 Å². The molecular formula is C21H23NO3S2. The molecule has 0 radical (unpaired) electrons. The number of carbonyl (C=O) groups excluding carboxylic acids is 2. The highest BCUT2D eigenvalue weighted by atomic mass is 32.1. The van der Waals surface area contributed by atoms with E-state index in [4.69, 9.17) is 4.74 Å². The van der Waals surface area contributed by atoms with E-state index >= 15 is 0 Å². The Kier molecular flexibility index (Phi) is 5.97. The molecule has 0 saturated carbocycles. The van der Waals surface area contributed by atoms with Crippen LogP contribution >= 0.6 is 22.7 Å². The first-order valence-electron chi connectivity index (χ1n) is 9.06. The summed E-state index contributed by atoms with van der Waals surface area (Å²) < 4.78 is 6.29. The van der Waals surface area contributed by atoms with Crippen molar-refractivity contribution >= 4 is 49.6 Å². The minimum absolute atomic E-state index is 0.161. The topological polar surface area (TPSA) is 55.4 Å². The molecule has 0 spiro atoms. The van der Waals surface area contributed by atoms with Gasteiger partial charge in [0, 0.05) is 9.58 Å². The molecule has 3 aromatic rings. The summed E-state index contributed by atoms with van der Waals surface area (Å²) in [6, 6.07) is 8.10. The van der Waals surface area contributed by atoms with E-state index < -0.39 is 0 Å². The summed E-state index contributed by atoms with van der Waals surface area (Å²) in [6.45, 7) is 8.02. The van der Waals surface area contributed by atoms with E-state index in [1.54, 1.807) is 6.92 Å². The molecule has 6 heteroatoms. The van der Waals surface area contributed by atoms with Crippen LogP contribution in [0.5, 0.6) is 0 Å². The molecular weight excluding hydrogens is 378 g/mol. The average molecular weight is 402 g/mol. The first-order chi connectivity index (χ1) is 13.0. The lowest BCUT2D eigenvalue weighted by Crippen LogP contribution is -2.15. The van der Waals surface area contributed by atoms with Gasteiger partial charge in [-0.05, 0) is 49.8 Å². The van der Waals surface area contributed by atoms with E-state index in [2.05, 4.69) is 18.3 Å². The second kappa shape index (κ2) is 8.23. The molecule has 0 unspecified atom stereocenters. The maximum Gasteiger partial charge on any atom is 0.341 e. The van der Waals surface area contributed by atoms with Gasteiger partial charge in [-0.25, -0.2) is 4.79 Å². The normalized spacial score (nSPS) is 11.0. The van der Waals surface area contributed by atoms with Crippen LogP contribution in [0.15, 0.2) is 24.3 Å². The van der Waals surface area contributed by atoms with E-state index in [0.717, 1.165) is 43.8 Å². The Labute approximate surface area is 167 Å². The Hall–Kier alpha value is -2.18. The fourth-order valence-corrected chi connectivity index (χ4v) is 5.29. The molecule has 0 aliphatic heterocycles. The summed E-state index contributed by atoms with van der Waals surface area (Å²) in [5.74, 6) is -0.550. The zero-order chi connectivity index (χ0) is 19.6. The highest BCUT2D eigenvalue weighted by molar-refractivity contribution is 7.21. The minimum Gasteiger partial charge on any atom is -0.462 e. The number of aryl methyl sites for hydroxylation is 2. The Morgan fingerprint density at radius 3 is 2.56 bits per heavy atom. The molecule has 2 heterocycles. The van der Waals surface area contributed by atoms with Crippen molar-refractivity contribution < 1.29 is 14.3 Å². The van der Waals surface area contributed by atoms with Crippen LogP contribution < -0.4 is 5.32 Å². The third kappa shape index (κ3) is 3.77. The molecule has 27 heavy (non-hydrogen) atoms. The largest absolute Gasteiger partial charge is 0.462 e. The van der Waals surface area contributed by atoms with Gasteiger partial charge < -0.3 is 10.1 Å². The number of rotatable bonds is 6. The molecule has 142 valence electrons. The number of ether oxygens (including phenoxy) is 1. The van der Waals surface area contributed by atoms with Gasteiger partial charge >= 0.3 is 5.97 Å². The summed E-state index contributed by atoms with van der Waals surface area (Å²) in [4.78, 5) is 27.2. The first-order valence-corrected chi connectivity index (χ1v) is 10.7. The first kappa shape index (κ1) is 19.6. The van der Waals surface area contributed by atoms with Gasteiger partial charge in [-0.2, -0.15) is 0 Å². The van der Waals surface area contributed by atoms with Gasteiger partial charge in [0.25, 0.3) is 5.91 Å². The molecule has 1 aromatic carbocycles. The quantitative estimate of drug-likeness (QED) is 0.518. The van der Waals surface area contributed by atoms with Gasteiger partial charge in [0.05, 0.1) is 17.0 Å². The van der Waals surface area contributed by atoms with Crippen molar-refractivity contribution in [2.24, 2.45) is 0 Å². The van der Waals surface area contributed by atoms with Crippen LogP contribution in [0.4, 0.5) is 5.00 Å². The summed E-state index contributed by atoms with van der Waals surface area (Å²) >= 11 is 2.92. The highest BCUT2D eigenvalue weighted by Crippen LogP contribution is 2.36. The van der Waals surface area contributed by atoms with E-state index in [0.29, 0.717) is 17.2 Å². The zero-order valence-corrected chi connectivity index (χ0v) is 17.6. The number of anilines is 1. The van der Waals surface area contributed by atoms with Gasteiger partial charge in [0.15, 0.2) is 0 Å². The third-order valence-corrected chi connectivity index (χ3v) is 6.83. The predicted octanol–water partition coefficient (Wildman–Crippen LogP) is 5.96. The zero-order valence-electron chi connectivity index (χ0n) is 16.0. The van der Waals surface area contributed by atoms with Gasteiger partial charge in [-0.15, -0.1) is 22.7 Å². The summed E-state index contributed by atoms with van der Waals surface area (Å²) in [5, 5.41) is 4.68. The van der Waals surface area contributed by atoms with Crippen LogP contribution in [-0.2, 0) is 11.2 Å². The SMILES string of the molecule is CCCc1c(C(=O)Nc2sc(C)c(C)c2C(=O)OCC)sc2ccccc12. The number of amides is 1. The lowest BCUT2D eigenvalue weighted by atomic mass is 10.1. The number of carbonyl (C=O) groups is 2. The van der Waals surface area contributed by atoms with Crippen molar-refractivity contribution in [2.75, 3.05) is 11.9 Å². The van der Waals surface area contributed by atoms with Crippen molar-refractivity contribution in [1.29, 1.82) is 0 Å². The third-order valence-electron chi connectivity index (χ3n) is 4.50. The number of benzene rings is 1. The lowest BCUT2D eigenvalue weighted by Gasteiger charge is -2.08. The second-order valence-electron chi connectivity index (χ2n) is 6.32. The van der Waals surface area contributed by atoms with Gasteiger partial charge in [-0.3, -0.25) is 4.79 Å². The molecule has 0 bridgehead atoms. The number of esters is 1. The number of nitrogens with one attached hydrogen (secondary N) is 1. The lowest BCUT2D eigenvalue weighted by molar-refractivity contribution is 0.0527. The Morgan fingerprint density at radius 2 is 1.85 bits per heavy atom. The van der Waals surface area contributed by atoms with Crippen LogP contribution in [0.1, 0.15) is 56.3 Å². The fourth-order valence-electron chi connectivity index (χ4n) is 3.10. The molecule has 2 aromatic heterocycles. The van der Waals surface area contributed by atoms with E-state index in [9.17, 15) is 9.59 Å². The molecule has 1 amide bonds. The van der Waals surface area contributed by atoms with Gasteiger partial charge in [0.1, 0.15) is 5.00 Å². The van der Waals surface area contributed by atoms with Crippen LogP contribution in [0.25, 0.3) is 10.1 Å². The molecule has 4 nitrogen and oxygen atoms in total. The molecule has 0 saturated heterocycles. The van der Waals surface area contributed by atoms with Crippen LogP contribution in [-0.4, -0.2) is 18.5 Å². The number of hydrogen-bond acceptors (Lipinski definition) is 5. The molecule has 0 aliphatic carbocycles. The minimum atomic E-state index is -0.389. The molecule has 0 atom stereocenters. The average Bonchev–Trinajstić information content (AvgIpc) is 3.14. The van der Waals surface area contributed by atoms with E-state index in [1.165, 1.54) is 22.7 Å². The Balaban J connectivity index is 1.99. The predicted molar refractivity (Wildman–Crippen MR) is 114 cm³/mol. The highest BCUT2D eigenvalue weighted by Gasteiger charge is 2.24. The maximum atomic E-state index is 13.1. The van der Waals surface area contributed by atoms with Gasteiger partial charge in [-0.1, -0.05) is 31.5 Å².